The van der Waals surface area contributed by atoms with Crippen LogP contribution in [0.15, 0.2) is 24.7 Å². The third kappa shape index (κ3) is 3.00. The van der Waals surface area contributed by atoms with Crippen molar-refractivity contribution in [1.29, 1.82) is 0 Å². The molecule has 0 radical (unpaired) electrons. The summed E-state index contributed by atoms with van der Waals surface area (Å²) in [5.74, 6) is 1.81. The van der Waals surface area contributed by atoms with Crippen molar-refractivity contribution < 1.29 is 9.84 Å². The largest absolute Gasteiger partial charge is 0.437 e. The summed E-state index contributed by atoms with van der Waals surface area (Å²) in [6.07, 6.45) is 2.74. The Bertz CT molecular complexity index is 664. The fraction of sp³-hybridized carbons (Fsp3) is 0.400. The molecular formula is C15H19N5O2. The van der Waals surface area contributed by atoms with Gasteiger partial charge in [-0.05, 0) is 26.0 Å². The molecule has 3 heterocycles. The minimum atomic E-state index is -0.431. The van der Waals surface area contributed by atoms with Gasteiger partial charge in [0.2, 0.25) is 5.88 Å². The number of ether oxygens (including phenoxy) is 1. The van der Waals surface area contributed by atoms with E-state index >= 15 is 0 Å². The lowest BCUT2D eigenvalue weighted by Crippen LogP contribution is -2.32. The number of hydrogen-bond donors (Lipinski definition) is 3. The molecule has 2 atom stereocenters. The second kappa shape index (κ2) is 6.25. The topological polar surface area (TPSA) is 92.2 Å². The summed E-state index contributed by atoms with van der Waals surface area (Å²) >= 11 is 0. The Morgan fingerprint density at radius 3 is 2.86 bits per heavy atom. The second-order valence-electron chi connectivity index (χ2n) is 5.32. The monoisotopic (exact) mass is 301 g/mol. The summed E-state index contributed by atoms with van der Waals surface area (Å²) in [5.41, 5.74) is 1.59. The van der Waals surface area contributed by atoms with E-state index < -0.39 is 6.10 Å². The molecule has 0 amide bonds. The van der Waals surface area contributed by atoms with Gasteiger partial charge in [-0.1, -0.05) is 0 Å². The van der Waals surface area contributed by atoms with Crippen molar-refractivity contribution in [3.63, 3.8) is 0 Å². The SMILES string of the molecule is Cc1ncccc1Oc1ncnc(N[C@@H]2CNC[C@H]2O)c1C. The van der Waals surface area contributed by atoms with Crippen LogP contribution in [0.2, 0.25) is 0 Å². The van der Waals surface area contributed by atoms with Gasteiger partial charge in [0.25, 0.3) is 0 Å². The van der Waals surface area contributed by atoms with E-state index in [1.165, 1.54) is 6.33 Å². The van der Waals surface area contributed by atoms with Crippen LogP contribution in [0.5, 0.6) is 11.6 Å². The first-order chi connectivity index (χ1) is 10.6. The third-order valence-corrected chi connectivity index (χ3v) is 3.71. The fourth-order valence-corrected chi connectivity index (χ4v) is 2.35. The van der Waals surface area contributed by atoms with Gasteiger partial charge in [0, 0.05) is 19.3 Å². The summed E-state index contributed by atoms with van der Waals surface area (Å²) in [4.78, 5) is 12.6. The van der Waals surface area contributed by atoms with E-state index in [1.807, 2.05) is 26.0 Å². The van der Waals surface area contributed by atoms with Crippen LogP contribution in [-0.2, 0) is 0 Å². The van der Waals surface area contributed by atoms with Crippen LogP contribution in [0.3, 0.4) is 0 Å². The number of pyridine rings is 1. The van der Waals surface area contributed by atoms with Gasteiger partial charge in [-0.3, -0.25) is 4.98 Å². The van der Waals surface area contributed by atoms with Gasteiger partial charge in [0.1, 0.15) is 12.1 Å². The van der Waals surface area contributed by atoms with Gasteiger partial charge in [0.05, 0.1) is 23.4 Å². The number of aromatic nitrogens is 3. The highest BCUT2D eigenvalue weighted by atomic mass is 16.5. The molecule has 0 unspecified atom stereocenters. The van der Waals surface area contributed by atoms with Gasteiger partial charge >= 0.3 is 0 Å². The lowest BCUT2D eigenvalue weighted by Gasteiger charge is -2.18. The molecule has 1 aliphatic heterocycles. The van der Waals surface area contributed by atoms with Gasteiger partial charge in [0.15, 0.2) is 5.75 Å². The van der Waals surface area contributed by atoms with Crippen molar-refractivity contribution in [2.24, 2.45) is 0 Å². The highest BCUT2D eigenvalue weighted by molar-refractivity contribution is 5.50. The standard InChI is InChI=1S/C15H19N5O2/c1-9-14(20-11-6-16-7-12(11)21)18-8-19-15(9)22-13-4-3-5-17-10(13)2/h3-5,8,11-12,16,21H,6-7H2,1-2H3,(H,18,19,20)/t11-,12-/m1/s1. The number of rotatable bonds is 4. The molecule has 0 aliphatic carbocycles. The van der Waals surface area contributed by atoms with E-state index in [4.69, 9.17) is 4.74 Å². The molecule has 22 heavy (non-hydrogen) atoms. The Morgan fingerprint density at radius 2 is 2.14 bits per heavy atom. The number of anilines is 1. The summed E-state index contributed by atoms with van der Waals surface area (Å²) in [6, 6.07) is 3.60. The van der Waals surface area contributed by atoms with Crippen molar-refractivity contribution in [2.45, 2.75) is 26.0 Å². The maximum atomic E-state index is 9.87. The Hall–Kier alpha value is -2.25. The number of aryl methyl sites for hydroxylation is 1. The number of aliphatic hydroxyl groups is 1. The Kier molecular flexibility index (Phi) is 4.17. The van der Waals surface area contributed by atoms with E-state index in [0.29, 0.717) is 30.5 Å². The Balaban J connectivity index is 1.81. The normalized spacial score (nSPS) is 20.9. The van der Waals surface area contributed by atoms with Crippen LogP contribution in [0.1, 0.15) is 11.3 Å². The summed E-state index contributed by atoms with van der Waals surface area (Å²) in [5, 5.41) is 16.2. The average molecular weight is 301 g/mol. The zero-order valence-corrected chi connectivity index (χ0v) is 12.6. The molecule has 2 aromatic rings. The molecule has 1 fully saturated rings. The van der Waals surface area contributed by atoms with Crippen LogP contribution in [-0.4, -0.2) is 45.3 Å². The minimum Gasteiger partial charge on any atom is -0.437 e. The summed E-state index contributed by atoms with van der Waals surface area (Å²) < 4.78 is 5.84. The maximum Gasteiger partial charge on any atom is 0.227 e. The second-order valence-corrected chi connectivity index (χ2v) is 5.32. The molecule has 0 spiro atoms. The Morgan fingerprint density at radius 1 is 1.27 bits per heavy atom. The third-order valence-electron chi connectivity index (χ3n) is 3.71. The molecule has 3 N–H and O–H groups in total. The molecule has 7 heteroatoms. The molecule has 3 rings (SSSR count). The van der Waals surface area contributed by atoms with Gasteiger partial charge in [-0.25, -0.2) is 9.97 Å². The quantitative estimate of drug-likeness (QED) is 0.776. The predicted molar refractivity (Wildman–Crippen MR) is 82.1 cm³/mol. The van der Waals surface area contributed by atoms with Crippen LogP contribution < -0.4 is 15.4 Å². The molecule has 0 aromatic carbocycles. The minimum absolute atomic E-state index is 0.0680. The fourth-order valence-electron chi connectivity index (χ4n) is 2.35. The molecule has 7 nitrogen and oxygen atoms in total. The molecule has 0 bridgehead atoms. The van der Waals surface area contributed by atoms with Crippen LogP contribution in [0, 0.1) is 13.8 Å². The van der Waals surface area contributed by atoms with Gasteiger partial charge in [-0.2, -0.15) is 0 Å². The van der Waals surface area contributed by atoms with E-state index in [2.05, 4.69) is 25.6 Å². The van der Waals surface area contributed by atoms with Crippen molar-refractivity contribution >= 4 is 5.82 Å². The smallest absolute Gasteiger partial charge is 0.227 e. The van der Waals surface area contributed by atoms with Crippen LogP contribution in [0.4, 0.5) is 5.82 Å². The highest BCUT2D eigenvalue weighted by Crippen LogP contribution is 2.27. The number of β-amino-alcohol motifs (C(OH)–C–C–N with tert-alkyl or cyclic N) is 1. The first-order valence-electron chi connectivity index (χ1n) is 7.21. The van der Waals surface area contributed by atoms with Crippen LogP contribution >= 0.6 is 0 Å². The average Bonchev–Trinajstić information content (AvgIpc) is 2.91. The van der Waals surface area contributed by atoms with Crippen molar-refractivity contribution in [3.05, 3.63) is 35.9 Å². The van der Waals surface area contributed by atoms with Crippen molar-refractivity contribution in [3.8, 4) is 11.6 Å². The number of nitrogens with one attached hydrogen (secondary N) is 2. The van der Waals surface area contributed by atoms with Crippen LogP contribution in [0.25, 0.3) is 0 Å². The van der Waals surface area contributed by atoms with E-state index in [9.17, 15) is 5.11 Å². The van der Waals surface area contributed by atoms with Crippen molar-refractivity contribution in [2.75, 3.05) is 18.4 Å². The first kappa shape index (κ1) is 14.7. The molecule has 2 aromatic heterocycles. The predicted octanol–water partition coefficient (Wildman–Crippen LogP) is 1.03. The molecule has 0 saturated carbocycles. The molecule has 1 saturated heterocycles. The zero-order chi connectivity index (χ0) is 15.5. The summed E-state index contributed by atoms with van der Waals surface area (Å²) in [7, 11) is 0. The number of nitrogens with zero attached hydrogens (tertiary/aromatic N) is 3. The van der Waals surface area contributed by atoms with Crippen molar-refractivity contribution in [1.82, 2.24) is 20.3 Å². The van der Waals surface area contributed by atoms with E-state index in [0.717, 1.165) is 11.3 Å². The van der Waals surface area contributed by atoms with Gasteiger partial charge < -0.3 is 20.5 Å². The lowest BCUT2D eigenvalue weighted by atomic mass is 10.2. The summed E-state index contributed by atoms with van der Waals surface area (Å²) in [6.45, 7) is 5.05. The lowest BCUT2D eigenvalue weighted by molar-refractivity contribution is 0.185. The molecular weight excluding hydrogens is 282 g/mol. The van der Waals surface area contributed by atoms with Gasteiger partial charge in [-0.15, -0.1) is 0 Å². The first-order valence-corrected chi connectivity index (χ1v) is 7.21. The van der Waals surface area contributed by atoms with E-state index in [1.54, 1.807) is 6.20 Å². The molecule has 1 aliphatic rings. The van der Waals surface area contributed by atoms with E-state index in [-0.39, 0.29) is 6.04 Å². The number of hydrogen-bond acceptors (Lipinski definition) is 7. The zero-order valence-electron chi connectivity index (χ0n) is 12.6. The number of aliphatic hydroxyl groups excluding tert-OH is 1. The molecule has 116 valence electrons. The Labute approximate surface area is 128 Å². The highest BCUT2D eigenvalue weighted by Gasteiger charge is 2.26. The maximum absolute atomic E-state index is 9.87.